The highest BCUT2D eigenvalue weighted by molar-refractivity contribution is 8.01. The fourth-order valence-electron chi connectivity index (χ4n) is 3.32. The van der Waals surface area contributed by atoms with Crippen LogP contribution >= 0.6 is 23.1 Å². The summed E-state index contributed by atoms with van der Waals surface area (Å²) in [7, 11) is 0. The Morgan fingerprint density at radius 2 is 2.14 bits per heavy atom. The lowest BCUT2D eigenvalue weighted by atomic mass is 9.91. The van der Waals surface area contributed by atoms with Crippen molar-refractivity contribution in [2.24, 2.45) is 11.8 Å². The van der Waals surface area contributed by atoms with Gasteiger partial charge in [0, 0.05) is 23.5 Å². The maximum Gasteiger partial charge on any atom is 0.355 e. The maximum absolute atomic E-state index is 12.3. The lowest BCUT2D eigenvalue weighted by Crippen LogP contribution is -2.22. The number of nitrogens with zero attached hydrogens (tertiary/aromatic N) is 1. The monoisotopic (exact) mass is 423 g/mol. The number of aliphatic hydroxyl groups is 1. The third-order valence-corrected chi connectivity index (χ3v) is 6.97. The average molecular weight is 424 g/mol. The average Bonchev–Trinajstić information content (AvgIpc) is 3.23. The van der Waals surface area contributed by atoms with E-state index >= 15 is 0 Å². The van der Waals surface area contributed by atoms with Crippen LogP contribution in [0.2, 0.25) is 0 Å². The first-order chi connectivity index (χ1) is 13.3. The summed E-state index contributed by atoms with van der Waals surface area (Å²) in [6.07, 6.45) is 12.6. The summed E-state index contributed by atoms with van der Waals surface area (Å²) in [6.45, 7) is 3.91. The molecule has 1 aromatic rings. The van der Waals surface area contributed by atoms with Gasteiger partial charge in [-0.25, -0.2) is 9.78 Å². The molecule has 0 bridgehead atoms. The number of carboxylic acid groups (broad SMARTS) is 1. The highest BCUT2D eigenvalue weighted by atomic mass is 32.2. The van der Waals surface area contributed by atoms with Crippen molar-refractivity contribution in [2.45, 2.75) is 62.3 Å². The highest BCUT2D eigenvalue weighted by Gasteiger charge is 2.32. The van der Waals surface area contributed by atoms with Crippen molar-refractivity contribution < 1.29 is 19.8 Å². The Kier molecular flexibility index (Phi) is 8.92. The predicted octanol–water partition coefficient (Wildman–Crippen LogP) is 4.97. The van der Waals surface area contributed by atoms with Crippen molar-refractivity contribution in [3.8, 4) is 0 Å². The Labute approximate surface area is 175 Å². The molecule has 1 aliphatic carbocycles. The number of allylic oxidation sites excluding steroid dienone is 2. The molecule has 3 atom stereocenters. The van der Waals surface area contributed by atoms with Crippen molar-refractivity contribution in [3.05, 3.63) is 35.4 Å². The van der Waals surface area contributed by atoms with Crippen LogP contribution in [0.25, 0.3) is 0 Å². The number of aromatic carboxylic acids is 1. The summed E-state index contributed by atoms with van der Waals surface area (Å²) in [5.74, 6) is 0.263. The van der Waals surface area contributed by atoms with Gasteiger partial charge in [0.2, 0.25) is 0 Å². The fourth-order valence-corrected chi connectivity index (χ4v) is 5.21. The molecule has 1 saturated carbocycles. The number of thioether (sulfide) groups is 1. The van der Waals surface area contributed by atoms with Crippen LogP contribution in [0.15, 0.2) is 34.0 Å². The van der Waals surface area contributed by atoms with Gasteiger partial charge in [0.1, 0.15) is 5.78 Å². The lowest BCUT2D eigenvalue weighted by molar-refractivity contribution is -0.121. The van der Waals surface area contributed by atoms with Gasteiger partial charge in [-0.05, 0) is 44.9 Å². The molecule has 1 aliphatic rings. The minimum absolute atomic E-state index is 0.00703. The first kappa shape index (κ1) is 22.8. The molecule has 0 radical (unpaired) electrons. The van der Waals surface area contributed by atoms with E-state index in [1.807, 2.05) is 19.1 Å². The smallest absolute Gasteiger partial charge is 0.355 e. The van der Waals surface area contributed by atoms with E-state index in [0.717, 1.165) is 29.4 Å². The Balaban J connectivity index is 1.82. The summed E-state index contributed by atoms with van der Waals surface area (Å²) in [5.41, 5.74) is -0.686. The molecular weight excluding hydrogens is 394 g/mol. The van der Waals surface area contributed by atoms with E-state index in [1.165, 1.54) is 23.1 Å². The van der Waals surface area contributed by atoms with Gasteiger partial charge in [-0.3, -0.25) is 4.79 Å². The van der Waals surface area contributed by atoms with E-state index in [9.17, 15) is 14.7 Å². The summed E-state index contributed by atoms with van der Waals surface area (Å²) < 4.78 is 0.728. The molecule has 7 heteroatoms. The number of rotatable bonds is 11. The van der Waals surface area contributed by atoms with Crippen molar-refractivity contribution in [1.82, 2.24) is 4.98 Å². The maximum atomic E-state index is 12.3. The normalized spacial score (nSPS) is 22.3. The van der Waals surface area contributed by atoms with E-state index in [0.29, 0.717) is 25.0 Å². The number of carboxylic acids is 1. The lowest BCUT2D eigenvalue weighted by Gasteiger charge is -2.20. The number of hydrogen-bond donors (Lipinski definition) is 2. The number of carbonyl (C=O) groups excluding carboxylic acids is 1. The first-order valence-electron chi connectivity index (χ1n) is 9.70. The second-order valence-electron chi connectivity index (χ2n) is 7.43. The molecule has 1 aromatic heterocycles. The van der Waals surface area contributed by atoms with Crippen LogP contribution in [0, 0.1) is 11.8 Å². The number of thiazole rings is 1. The van der Waals surface area contributed by atoms with Gasteiger partial charge < -0.3 is 10.2 Å². The van der Waals surface area contributed by atoms with Crippen LogP contribution in [0.1, 0.15) is 62.9 Å². The molecule has 0 amide bonds. The van der Waals surface area contributed by atoms with Crippen LogP contribution in [0.3, 0.4) is 0 Å². The van der Waals surface area contributed by atoms with Crippen LogP contribution in [0.5, 0.6) is 0 Å². The zero-order valence-corrected chi connectivity index (χ0v) is 18.1. The second-order valence-corrected chi connectivity index (χ2v) is 9.63. The molecule has 5 nitrogen and oxygen atoms in total. The van der Waals surface area contributed by atoms with Crippen LogP contribution in [0.4, 0.5) is 0 Å². The molecule has 2 N–H and O–H groups in total. The van der Waals surface area contributed by atoms with Gasteiger partial charge in [0.25, 0.3) is 0 Å². The Morgan fingerprint density at radius 3 is 2.82 bits per heavy atom. The number of ketones is 1. The molecular formula is C21H29NO4S2. The van der Waals surface area contributed by atoms with Crippen LogP contribution in [-0.4, -0.2) is 38.3 Å². The van der Waals surface area contributed by atoms with Gasteiger partial charge >= 0.3 is 5.97 Å². The standard InChI is InChI=1S/C21H29NO4S2/c1-3-4-5-11-21(2,26)12-6-7-15-8-9-18(23)16(15)10-13-27-20-22-17(14-28-20)19(24)25/h4-7,14-16,26H,3,8-13H2,1-2H3,(H,24,25)/b5-4+,7-6+/t15-,16+,21?/m0/s1. The number of carbonyl (C=O) groups is 2. The minimum Gasteiger partial charge on any atom is -0.476 e. The number of aromatic nitrogens is 1. The molecule has 28 heavy (non-hydrogen) atoms. The second kappa shape index (κ2) is 10.9. The van der Waals surface area contributed by atoms with E-state index in [1.54, 1.807) is 5.38 Å². The third-order valence-electron chi connectivity index (χ3n) is 4.91. The van der Waals surface area contributed by atoms with Crippen molar-refractivity contribution in [3.63, 3.8) is 0 Å². The van der Waals surface area contributed by atoms with Crippen LogP contribution < -0.4 is 0 Å². The number of hydrogen-bond acceptors (Lipinski definition) is 6. The van der Waals surface area contributed by atoms with Gasteiger partial charge in [0.15, 0.2) is 10.0 Å². The quantitative estimate of drug-likeness (QED) is 0.386. The van der Waals surface area contributed by atoms with Gasteiger partial charge in [-0.2, -0.15) is 0 Å². The summed E-state index contributed by atoms with van der Waals surface area (Å²) in [6, 6.07) is 0. The zero-order valence-electron chi connectivity index (χ0n) is 16.5. The topological polar surface area (TPSA) is 87.5 Å². The van der Waals surface area contributed by atoms with E-state index < -0.39 is 11.6 Å². The molecule has 1 unspecified atom stereocenters. The first-order valence-corrected chi connectivity index (χ1v) is 11.6. The molecule has 1 heterocycles. The van der Waals surface area contributed by atoms with Crippen molar-refractivity contribution in [2.75, 3.05) is 5.75 Å². The van der Waals surface area contributed by atoms with E-state index in [2.05, 4.69) is 24.1 Å². The molecule has 2 rings (SSSR count). The Morgan fingerprint density at radius 1 is 1.39 bits per heavy atom. The highest BCUT2D eigenvalue weighted by Crippen LogP contribution is 2.35. The van der Waals surface area contributed by atoms with E-state index in [4.69, 9.17) is 5.11 Å². The molecule has 154 valence electrons. The third kappa shape index (κ3) is 7.18. The molecule has 1 fully saturated rings. The fraction of sp³-hybridized carbons (Fsp3) is 0.571. The Bertz CT molecular complexity index is 724. The van der Waals surface area contributed by atoms with Crippen molar-refractivity contribution >= 4 is 34.9 Å². The number of Topliss-reactive ketones (excluding diaryl/α,β-unsaturated/α-hetero) is 1. The molecule has 0 saturated heterocycles. The van der Waals surface area contributed by atoms with Gasteiger partial charge in [-0.1, -0.05) is 43.0 Å². The largest absolute Gasteiger partial charge is 0.476 e. The summed E-state index contributed by atoms with van der Waals surface area (Å²) in [4.78, 5) is 27.2. The summed E-state index contributed by atoms with van der Waals surface area (Å²) in [5, 5.41) is 20.9. The van der Waals surface area contributed by atoms with Gasteiger partial charge in [-0.15, -0.1) is 11.3 Å². The van der Waals surface area contributed by atoms with E-state index in [-0.39, 0.29) is 17.5 Å². The van der Waals surface area contributed by atoms with Crippen molar-refractivity contribution in [1.29, 1.82) is 0 Å². The summed E-state index contributed by atoms with van der Waals surface area (Å²) >= 11 is 2.83. The SMILES string of the molecule is CC/C=C/CC(C)(O)C/C=C/[C@H]1CCC(=O)[C@@H]1CCSc1nc(C(=O)O)cs1. The minimum atomic E-state index is -1.01. The van der Waals surface area contributed by atoms with Gasteiger partial charge in [0.05, 0.1) is 5.60 Å². The molecule has 0 aromatic carbocycles. The predicted molar refractivity (Wildman–Crippen MR) is 114 cm³/mol. The Hall–Kier alpha value is -1.44. The molecule has 0 aliphatic heterocycles. The molecule has 0 spiro atoms. The zero-order chi connectivity index (χ0) is 20.6. The van der Waals surface area contributed by atoms with Crippen LogP contribution in [-0.2, 0) is 4.79 Å².